The molecule has 2 heterocycles. The number of nitrogens with zero attached hydrogens (tertiary/aromatic N) is 5. The number of hydrogen-bond acceptors (Lipinski definition) is 6. The van der Waals surface area contributed by atoms with Crippen molar-refractivity contribution in [3.05, 3.63) is 48.2 Å². The van der Waals surface area contributed by atoms with Gasteiger partial charge in [0.25, 0.3) is 0 Å². The summed E-state index contributed by atoms with van der Waals surface area (Å²) in [5, 5.41) is 2.79. The van der Waals surface area contributed by atoms with E-state index in [4.69, 9.17) is 4.74 Å². The lowest BCUT2D eigenvalue weighted by atomic mass is 9.68. The third-order valence-corrected chi connectivity index (χ3v) is 8.82. The van der Waals surface area contributed by atoms with Gasteiger partial charge >= 0.3 is 12.0 Å². The zero-order chi connectivity index (χ0) is 26.0. The summed E-state index contributed by atoms with van der Waals surface area (Å²) in [6.45, 7) is 1.38. The Kier molecular flexibility index (Phi) is 7.07. The minimum atomic E-state index is -0.266. The lowest BCUT2D eigenvalue weighted by Gasteiger charge is -2.51. The van der Waals surface area contributed by atoms with Crippen LogP contribution in [0.25, 0.3) is 0 Å². The fourth-order valence-electron chi connectivity index (χ4n) is 6.37. The molecular weight excluding hydrogens is 468 g/mol. The number of hydrogen-bond donors (Lipinski definition) is 1. The predicted molar refractivity (Wildman–Crippen MR) is 141 cm³/mol. The second-order valence-electron chi connectivity index (χ2n) is 11.0. The molecule has 198 valence electrons. The maximum absolute atomic E-state index is 13.7. The number of rotatable bonds is 8. The summed E-state index contributed by atoms with van der Waals surface area (Å²) in [6, 6.07) is 12.5. The molecule has 2 saturated carbocycles. The van der Waals surface area contributed by atoms with Crippen molar-refractivity contribution >= 4 is 17.8 Å². The normalized spacial score (nSPS) is 26.0. The Morgan fingerprint density at radius 2 is 1.86 bits per heavy atom. The number of nitrogens with one attached hydrogen (secondary N) is 1. The summed E-state index contributed by atoms with van der Waals surface area (Å²) in [5.74, 6) is 0.663. The van der Waals surface area contributed by atoms with Gasteiger partial charge < -0.3 is 19.9 Å². The van der Waals surface area contributed by atoms with E-state index < -0.39 is 0 Å². The van der Waals surface area contributed by atoms with Gasteiger partial charge in [0, 0.05) is 24.8 Å². The Balaban J connectivity index is 1.33. The monoisotopic (exact) mass is 506 g/mol. The summed E-state index contributed by atoms with van der Waals surface area (Å²) in [6.07, 6.45) is 8.91. The first kappa shape index (κ1) is 25.4. The molecule has 1 aromatic heterocycles. The van der Waals surface area contributed by atoms with E-state index in [9.17, 15) is 9.59 Å². The molecule has 0 bridgehead atoms. The molecule has 3 amide bonds. The van der Waals surface area contributed by atoms with Gasteiger partial charge in [-0.2, -0.15) is 4.98 Å². The van der Waals surface area contributed by atoms with Crippen LogP contribution in [0.15, 0.2) is 42.6 Å². The number of benzene rings is 1. The smallest absolute Gasteiger partial charge is 0.321 e. The summed E-state index contributed by atoms with van der Waals surface area (Å²) in [4.78, 5) is 41.0. The number of carbonyl (C=O) groups is 2. The van der Waals surface area contributed by atoms with Crippen LogP contribution in [0.4, 0.5) is 10.6 Å². The average Bonchev–Trinajstić information content (AvgIpc) is 3.12. The van der Waals surface area contributed by atoms with Crippen LogP contribution in [-0.2, 0) is 10.3 Å². The zero-order valence-electron chi connectivity index (χ0n) is 22.2. The molecule has 0 atom stereocenters. The lowest BCUT2D eigenvalue weighted by Crippen LogP contribution is -2.56. The van der Waals surface area contributed by atoms with Crippen LogP contribution >= 0.6 is 0 Å². The molecule has 1 N–H and O–H groups in total. The highest BCUT2D eigenvalue weighted by Gasteiger charge is 2.55. The van der Waals surface area contributed by atoms with Crippen LogP contribution in [0.5, 0.6) is 6.01 Å². The Morgan fingerprint density at radius 1 is 1.14 bits per heavy atom. The van der Waals surface area contributed by atoms with Gasteiger partial charge in [-0.15, -0.1) is 0 Å². The van der Waals surface area contributed by atoms with Crippen LogP contribution in [0.2, 0.25) is 0 Å². The fraction of sp³-hybridized carbons (Fsp3) is 0.571. The Hall–Kier alpha value is -3.20. The second kappa shape index (κ2) is 10.3. The first-order valence-corrected chi connectivity index (χ1v) is 13.3. The molecule has 3 aliphatic rings. The van der Waals surface area contributed by atoms with Crippen molar-refractivity contribution in [3.8, 4) is 6.01 Å². The van der Waals surface area contributed by atoms with E-state index in [0.717, 1.165) is 32.2 Å². The molecule has 0 radical (unpaired) electrons. The van der Waals surface area contributed by atoms with Crippen molar-refractivity contribution in [3.63, 3.8) is 0 Å². The standard InChI is InChI=1S/C28H38N6O3/c1-32(2)28(22-10-5-4-6-11-22)15-13-27(14-16-28)20-33(26(36)34(27)18-21-8-7-9-21)19-24(35)30-23-12-17-29-25(31-23)37-3/h4-6,10-12,17,21H,7-9,13-16,18-20H2,1-3H3,(H,29,30,31,35)/t27-,28+. The number of methoxy groups -OCH3 is 1. The molecule has 9 nitrogen and oxygen atoms in total. The number of anilines is 1. The Bertz CT molecular complexity index is 1110. The maximum Gasteiger partial charge on any atom is 0.321 e. The van der Waals surface area contributed by atoms with Crippen LogP contribution < -0.4 is 10.1 Å². The van der Waals surface area contributed by atoms with Gasteiger partial charge in [0.2, 0.25) is 5.91 Å². The van der Waals surface area contributed by atoms with Gasteiger partial charge in [0.1, 0.15) is 12.4 Å². The van der Waals surface area contributed by atoms with E-state index in [1.807, 2.05) is 0 Å². The number of ether oxygens (including phenoxy) is 1. The molecule has 1 aromatic carbocycles. The topological polar surface area (TPSA) is 90.9 Å². The summed E-state index contributed by atoms with van der Waals surface area (Å²) >= 11 is 0. The second-order valence-corrected chi connectivity index (χ2v) is 11.0. The van der Waals surface area contributed by atoms with Crippen molar-refractivity contribution in [2.24, 2.45) is 5.92 Å². The van der Waals surface area contributed by atoms with Gasteiger partial charge in [-0.1, -0.05) is 36.8 Å². The van der Waals surface area contributed by atoms with E-state index in [1.165, 1.54) is 38.1 Å². The van der Waals surface area contributed by atoms with Crippen LogP contribution in [0, 0.1) is 5.92 Å². The van der Waals surface area contributed by atoms with Crippen molar-refractivity contribution in [2.45, 2.75) is 56.0 Å². The molecule has 2 aliphatic carbocycles. The van der Waals surface area contributed by atoms with Gasteiger partial charge in [-0.3, -0.25) is 9.69 Å². The van der Waals surface area contributed by atoms with Crippen molar-refractivity contribution in [1.29, 1.82) is 0 Å². The summed E-state index contributed by atoms with van der Waals surface area (Å²) in [5.41, 5.74) is 1.05. The van der Waals surface area contributed by atoms with E-state index in [0.29, 0.717) is 18.3 Å². The first-order chi connectivity index (χ1) is 17.8. The average molecular weight is 507 g/mol. The third-order valence-electron chi connectivity index (χ3n) is 8.82. The first-order valence-electron chi connectivity index (χ1n) is 13.3. The van der Waals surface area contributed by atoms with Crippen molar-refractivity contribution < 1.29 is 14.3 Å². The molecule has 2 aromatic rings. The van der Waals surface area contributed by atoms with Crippen LogP contribution in [-0.4, -0.2) is 83.0 Å². The lowest BCUT2D eigenvalue weighted by molar-refractivity contribution is -0.116. The summed E-state index contributed by atoms with van der Waals surface area (Å²) < 4.78 is 5.05. The highest BCUT2D eigenvalue weighted by atomic mass is 16.5. The molecule has 1 saturated heterocycles. The number of aromatic nitrogens is 2. The zero-order valence-corrected chi connectivity index (χ0v) is 22.2. The van der Waals surface area contributed by atoms with Gasteiger partial charge in [-0.05, 0) is 70.2 Å². The molecule has 1 spiro atoms. The van der Waals surface area contributed by atoms with Crippen LogP contribution in [0.3, 0.4) is 0 Å². The number of urea groups is 1. The van der Waals surface area contributed by atoms with Crippen molar-refractivity contribution in [1.82, 2.24) is 24.7 Å². The number of amides is 3. The fourth-order valence-corrected chi connectivity index (χ4v) is 6.37. The van der Waals surface area contributed by atoms with Crippen molar-refractivity contribution in [2.75, 3.05) is 46.2 Å². The van der Waals surface area contributed by atoms with Gasteiger partial charge in [0.15, 0.2) is 0 Å². The summed E-state index contributed by atoms with van der Waals surface area (Å²) in [7, 11) is 5.80. The Labute approximate surface area is 219 Å². The van der Waals surface area contributed by atoms with E-state index >= 15 is 0 Å². The SMILES string of the molecule is COc1nccc(NC(=O)CN2C[C@]3(CC[C@](c4ccccc4)(N(C)C)CC3)N(CC3CCC3)C2=O)n1. The molecule has 9 heteroatoms. The van der Waals surface area contributed by atoms with Gasteiger partial charge in [0.05, 0.1) is 12.6 Å². The highest BCUT2D eigenvalue weighted by molar-refractivity contribution is 5.94. The molecule has 3 fully saturated rings. The third kappa shape index (κ3) is 4.89. The highest BCUT2D eigenvalue weighted by Crippen LogP contribution is 2.49. The largest absolute Gasteiger partial charge is 0.467 e. The number of carbonyl (C=O) groups excluding carboxylic acids is 2. The quantitative estimate of drug-likeness (QED) is 0.587. The van der Waals surface area contributed by atoms with E-state index in [2.05, 4.69) is 69.5 Å². The predicted octanol–water partition coefficient (Wildman–Crippen LogP) is 3.73. The molecule has 37 heavy (non-hydrogen) atoms. The molecule has 0 unspecified atom stereocenters. The maximum atomic E-state index is 13.7. The van der Waals surface area contributed by atoms with E-state index in [-0.39, 0.29) is 35.6 Å². The van der Waals surface area contributed by atoms with E-state index in [1.54, 1.807) is 11.0 Å². The Morgan fingerprint density at radius 3 is 2.49 bits per heavy atom. The molecule has 5 rings (SSSR count). The van der Waals surface area contributed by atoms with Crippen LogP contribution in [0.1, 0.15) is 50.5 Å². The minimum absolute atomic E-state index is 0.00553. The minimum Gasteiger partial charge on any atom is -0.467 e. The molecule has 1 aliphatic heterocycles. The molecular formula is C28H38N6O3. The van der Waals surface area contributed by atoms with Gasteiger partial charge in [-0.25, -0.2) is 9.78 Å².